The van der Waals surface area contributed by atoms with Gasteiger partial charge in [0, 0.05) is 4.47 Å². The monoisotopic (exact) mass is 460 g/mol. The van der Waals surface area contributed by atoms with Crippen molar-refractivity contribution >= 4 is 45.5 Å². The van der Waals surface area contributed by atoms with E-state index in [9.17, 15) is 14.4 Å². The number of para-hydroxylation sites is 1. The Kier molecular flexibility index (Phi) is 6.18. The number of hydrogen-bond donors (Lipinski definition) is 2. The fourth-order valence-electron chi connectivity index (χ4n) is 2.65. The number of amides is 2. The lowest BCUT2D eigenvalue weighted by Crippen LogP contribution is -2.35. The third-order valence-electron chi connectivity index (χ3n) is 3.92. The van der Waals surface area contributed by atoms with Crippen LogP contribution in [0.1, 0.15) is 12.5 Å². The Labute approximate surface area is 174 Å². The number of ether oxygens (including phenoxy) is 2. The molecule has 1 aliphatic rings. The topological polar surface area (TPSA) is 105 Å². The van der Waals surface area contributed by atoms with Crippen LogP contribution in [0, 0.1) is 0 Å². The Hall–Kier alpha value is -3.33. The van der Waals surface area contributed by atoms with E-state index in [1.54, 1.807) is 37.3 Å². The van der Waals surface area contributed by atoms with Gasteiger partial charge in [0.25, 0.3) is 11.8 Å². The van der Waals surface area contributed by atoms with Crippen molar-refractivity contribution in [3.8, 4) is 11.5 Å². The highest BCUT2D eigenvalue weighted by Gasteiger charge is 2.34. The molecule has 0 bridgehead atoms. The molecule has 29 heavy (non-hydrogen) atoms. The Bertz CT molecular complexity index is 990. The van der Waals surface area contributed by atoms with Crippen LogP contribution in [0.2, 0.25) is 0 Å². The van der Waals surface area contributed by atoms with E-state index in [0.29, 0.717) is 28.1 Å². The zero-order valence-electron chi connectivity index (χ0n) is 15.3. The highest BCUT2D eigenvalue weighted by atomic mass is 79.9. The Morgan fingerprint density at radius 3 is 2.52 bits per heavy atom. The number of hydrazine groups is 1. The molecule has 0 aliphatic carbocycles. The van der Waals surface area contributed by atoms with E-state index < -0.39 is 24.4 Å². The molecular weight excluding hydrogens is 444 g/mol. The fraction of sp³-hybridized carbons (Fsp3) is 0.150. The number of hydrogen-bond acceptors (Lipinski definition) is 5. The standard InChI is InChI=1S/C20H17BrN2O6/c1-2-28-16-9-12(15(21)10-17(16)29-11-18(24)25)8-14-19(26)22-23(20(14)27)13-6-4-3-5-7-13/h3-10H,2,11H2,1H3,(H,22,26)(H,24,25)/b14-8-. The minimum Gasteiger partial charge on any atom is -0.490 e. The summed E-state index contributed by atoms with van der Waals surface area (Å²) in [6, 6.07) is 11.9. The van der Waals surface area contributed by atoms with E-state index in [1.807, 2.05) is 6.07 Å². The molecule has 1 fully saturated rings. The van der Waals surface area contributed by atoms with Crippen LogP contribution in [-0.4, -0.2) is 36.1 Å². The quantitative estimate of drug-likeness (QED) is 0.486. The van der Waals surface area contributed by atoms with Gasteiger partial charge in [0.15, 0.2) is 18.1 Å². The van der Waals surface area contributed by atoms with Crippen molar-refractivity contribution in [2.75, 3.05) is 18.2 Å². The number of rotatable bonds is 7. The second-order valence-electron chi connectivity index (χ2n) is 5.91. The number of nitrogens with one attached hydrogen (secondary N) is 1. The number of aliphatic carboxylic acids is 1. The number of carbonyl (C=O) groups excluding carboxylic acids is 2. The van der Waals surface area contributed by atoms with Crippen LogP contribution in [0.4, 0.5) is 5.69 Å². The van der Waals surface area contributed by atoms with E-state index in [0.717, 1.165) is 0 Å². The van der Waals surface area contributed by atoms with Gasteiger partial charge < -0.3 is 14.6 Å². The van der Waals surface area contributed by atoms with Gasteiger partial charge >= 0.3 is 5.97 Å². The molecule has 0 aromatic heterocycles. The summed E-state index contributed by atoms with van der Waals surface area (Å²) < 4.78 is 11.3. The van der Waals surface area contributed by atoms with Crippen molar-refractivity contribution in [3.63, 3.8) is 0 Å². The van der Waals surface area contributed by atoms with Crippen LogP contribution in [-0.2, 0) is 14.4 Å². The van der Waals surface area contributed by atoms with Gasteiger partial charge in [0.05, 0.1) is 12.3 Å². The molecule has 9 heteroatoms. The van der Waals surface area contributed by atoms with E-state index in [-0.39, 0.29) is 11.3 Å². The second kappa shape index (κ2) is 8.78. The third-order valence-corrected chi connectivity index (χ3v) is 4.61. The lowest BCUT2D eigenvalue weighted by molar-refractivity contribution is -0.139. The van der Waals surface area contributed by atoms with Gasteiger partial charge in [-0.05, 0) is 42.8 Å². The summed E-state index contributed by atoms with van der Waals surface area (Å²) in [7, 11) is 0. The first-order valence-corrected chi connectivity index (χ1v) is 9.43. The molecule has 0 atom stereocenters. The molecule has 2 N–H and O–H groups in total. The highest BCUT2D eigenvalue weighted by molar-refractivity contribution is 9.10. The van der Waals surface area contributed by atoms with Gasteiger partial charge in [-0.1, -0.05) is 34.1 Å². The van der Waals surface area contributed by atoms with Gasteiger partial charge in [0.2, 0.25) is 0 Å². The van der Waals surface area contributed by atoms with Crippen molar-refractivity contribution in [2.24, 2.45) is 0 Å². The van der Waals surface area contributed by atoms with Gasteiger partial charge in [-0.3, -0.25) is 15.0 Å². The molecule has 2 amide bonds. The maximum absolute atomic E-state index is 12.7. The molecule has 3 rings (SSSR count). The van der Waals surface area contributed by atoms with Gasteiger partial charge in [-0.15, -0.1) is 0 Å². The summed E-state index contributed by atoms with van der Waals surface area (Å²) in [5, 5.41) is 9.99. The number of carbonyl (C=O) groups is 3. The number of nitrogens with zero attached hydrogens (tertiary/aromatic N) is 1. The summed E-state index contributed by atoms with van der Waals surface area (Å²) in [5.74, 6) is -1.61. The maximum Gasteiger partial charge on any atom is 0.341 e. The third kappa shape index (κ3) is 4.57. The molecule has 0 saturated carbocycles. The molecule has 1 aliphatic heterocycles. The van der Waals surface area contributed by atoms with Crippen molar-refractivity contribution < 1.29 is 29.0 Å². The summed E-state index contributed by atoms with van der Waals surface area (Å²) in [4.78, 5) is 35.9. The second-order valence-corrected chi connectivity index (χ2v) is 6.77. The van der Waals surface area contributed by atoms with Gasteiger partial charge in [-0.2, -0.15) is 0 Å². The van der Waals surface area contributed by atoms with Crippen molar-refractivity contribution in [2.45, 2.75) is 6.92 Å². The predicted molar refractivity (Wildman–Crippen MR) is 108 cm³/mol. The first kappa shape index (κ1) is 20.4. The summed E-state index contributed by atoms with van der Waals surface area (Å²) in [5.41, 5.74) is 3.54. The van der Waals surface area contributed by atoms with Crippen LogP contribution in [0.5, 0.6) is 11.5 Å². The minimum absolute atomic E-state index is 0.0452. The fourth-order valence-corrected chi connectivity index (χ4v) is 3.09. The average Bonchev–Trinajstić information content (AvgIpc) is 2.98. The van der Waals surface area contributed by atoms with Crippen LogP contribution < -0.4 is 19.9 Å². The molecule has 0 spiro atoms. The average molecular weight is 461 g/mol. The minimum atomic E-state index is -1.12. The van der Waals surface area contributed by atoms with Crippen LogP contribution in [0.15, 0.2) is 52.5 Å². The molecule has 2 aromatic rings. The number of halogens is 1. The van der Waals surface area contributed by atoms with E-state index in [1.165, 1.54) is 17.2 Å². The Morgan fingerprint density at radius 1 is 1.17 bits per heavy atom. The molecule has 2 aromatic carbocycles. The van der Waals surface area contributed by atoms with E-state index >= 15 is 0 Å². The zero-order valence-corrected chi connectivity index (χ0v) is 16.9. The molecular formula is C20H17BrN2O6. The Morgan fingerprint density at radius 2 is 1.86 bits per heavy atom. The smallest absolute Gasteiger partial charge is 0.341 e. The maximum atomic E-state index is 12.7. The van der Waals surface area contributed by atoms with Crippen LogP contribution in [0.25, 0.3) is 6.08 Å². The first-order chi connectivity index (χ1) is 13.9. The number of carboxylic acids is 1. The first-order valence-electron chi connectivity index (χ1n) is 8.63. The summed E-state index contributed by atoms with van der Waals surface area (Å²) >= 11 is 3.36. The van der Waals surface area contributed by atoms with Crippen molar-refractivity contribution in [3.05, 3.63) is 58.1 Å². The largest absolute Gasteiger partial charge is 0.490 e. The van der Waals surface area contributed by atoms with Crippen molar-refractivity contribution in [1.82, 2.24) is 5.43 Å². The summed E-state index contributed by atoms with van der Waals surface area (Å²) in [6.45, 7) is 1.56. The molecule has 1 heterocycles. The van der Waals surface area contributed by atoms with Gasteiger partial charge in [-0.25, -0.2) is 9.80 Å². The number of benzene rings is 2. The number of carboxylic acid groups (broad SMARTS) is 1. The SMILES string of the molecule is CCOc1cc(/C=C2/C(=O)NN(c3ccccc3)C2=O)c(Br)cc1OCC(=O)O. The summed E-state index contributed by atoms with van der Waals surface area (Å²) in [6.07, 6.45) is 1.44. The van der Waals surface area contributed by atoms with Crippen molar-refractivity contribution in [1.29, 1.82) is 0 Å². The van der Waals surface area contributed by atoms with E-state index in [2.05, 4.69) is 21.4 Å². The highest BCUT2D eigenvalue weighted by Crippen LogP contribution is 2.35. The van der Waals surface area contributed by atoms with E-state index in [4.69, 9.17) is 14.6 Å². The number of anilines is 1. The molecule has 0 unspecified atom stereocenters. The molecule has 150 valence electrons. The molecule has 8 nitrogen and oxygen atoms in total. The Balaban J connectivity index is 1.94. The van der Waals surface area contributed by atoms with Gasteiger partial charge in [0.1, 0.15) is 5.57 Å². The lowest BCUT2D eigenvalue weighted by Gasteiger charge is -2.14. The normalized spacial score (nSPS) is 14.8. The molecule has 0 radical (unpaired) electrons. The molecule has 1 saturated heterocycles. The predicted octanol–water partition coefficient (Wildman–Crippen LogP) is 2.77. The zero-order chi connectivity index (χ0) is 21.0. The van der Waals surface area contributed by atoms with Crippen LogP contribution in [0.3, 0.4) is 0 Å². The lowest BCUT2D eigenvalue weighted by atomic mass is 10.1. The van der Waals surface area contributed by atoms with Crippen LogP contribution >= 0.6 is 15.9 Å².